The van der Waals surface area contributed by atoms with Gasteiger partial charge in [-0.05, 0) is 42.4 Å². The number of hydrogen-bond acceptors (Lipinski definition) is 3. The van der Waals surface area contributed by atoms with E-state index in [0.29, 0.717) is 12.6 Å². The minimum absolute atomic E-state index is 0.209. The van der Waals surface area contributed by atoms with E-state index in [-0.39, 0.29) is 11.5 Å². The van der Waals surface area contributed by atoms with Crippen molar-refractivity contribution in [1.82, 2.24) is 0 Å². The van der Waals surface area contributed by atoms with E-state index in [1.807, 2.05) is 12.1 Å². The quantitative estimate of drug-likeness (QED) is 0.913. The molecular weight excluding hydrogens is 248 g/mol. The maximum Gasteiger partial charge on any atom is 0.282 e. The third kappa shape index (κ3) is 2.07. The van der Waals surface area contributed by atoms with Crippen molar-refractivity contribution in [2.45, 2.75) is 37.1 Å². The average Bonchev–Trinajstić information content (AvgIpc) is 2.71. The summed E-state index contributed by atoms with van der Waals surface area (Å²) in [4.78, 5) is 4.34. The standard InChI is InChI=1S/C14H17ClN2O/c15-11-4-2-10(3-5-11)14(6-1-7-14)8-12-9-18-13(16)17-12/h2-5,12H,1,6-9H2,(H2,16,17)/t12-/m0/s1. The minimum atomic E-state index is 0.209. The van der Waals surface area contributed by atoms with Crippen molar-refractivity contribution in [3.63, 3.8) is 0 Å². The van der Waals surface area contributed by atoms with Crippen LogP contribution in [0.25, 0.3) is 0 Å². The summed E-state index contributed by atoms with van der Waals surface area (Å²) in [7, 11) is 0. The molecule has 1 atom stereocenters. The number of hydrogen-bond donors (Lipinski definition) is 1. The molecule has 4 heteroatoms. The van der Waals surface area contributed by atoms with Crippen molar-refractivity contribution >= 4 is 17.6 Å². The van der Waals surface area contributed by atoms with Crippen molar-refractivity contribution in [3.8, 4) is 0 Å². The maximum atomic E-state index is 5.95. The van der Waals surface area contributed by atoms with Gasteiger partial charge in [0.05, 0.1) is 6.04 Å². The molecule has 1 fully saturated rings. The van der Waals surface area contributed by atoms with Gasteiger partial charge < -0.3 is 10.5 Å². The zero-order valence-electron chi connectivity index (χ0n) is 10.2. The van der Waals surface area contributed by atoms with E-state index in [9.17, 15) is 0 Å². The summed E-state index contributed by atoms with van der Waals surface area (Å²) in [6.07, 6.45) is 4.76. The molecule has 1 aliphatic carbocycles. The van der Waals surface area contributed by atoms with Crippen LogP contribution in [0.3, 0.4) is 0 Å². The van der Waals surface area contributed by atoms with Crippen LogP contribution in [0.4, 0.5) is 0 Å². The van der Waals surface area contributed by atoms with Gasteiger partial charge in [0.15, 0.2) is 0 Å². The van der Waals surface area contributed by atoms with Gasteiger partial charge in [-0.1, -0.05) is 30.2 Å². The van der Waals surface area contributed by atoms with Crippen LogP contribution in [0.15, 0.2) is 29.3 Å². The van der Waals surface area contributed by atoms with Crippen molar-refractivity contribution in [3.05, 3.63) is 34.9 Å². The van der Waals surface area contributed by atoms with E-state index in [0.717, 1.165) is 11.4 Å². The van der Waals surface area contributed by atoms with Crippen molar-refractivity contribution in [2.75, 3.05) is 6.61 Å². The molecule has 1 saturated carbocycles. The van der Waals surface area contributed by atoms with Gasteiger partial charge in [-0.25, -0.2) is 4.99 Å². The molecule has 0 spiro atoms. The molecule has 0 aromatic heterocycles. The Kier molecular flexibility index (Phi) is 2.94. The topological polar surface area (TPSA) is 47.6 Å². The number of nitrogens with zero attached hydrogens (tertiary/aromatic N) is 1. The number of ether oxygens (including phenoxy) is 1. The molecule has 1 aliphatic heterocycles. The van der Waals surface area contributed by atoms with Crippen molar-refractivity contribution in [1.29, 1.82) is 0 Å². The second-order valence-electron chi connectivity index (χ2n) is 5.28. The predicted molar refractivity (Wildman–Crippen MR) is 73.0 cm³/mol. The molecule has 0 unspecified atom stereocenters. The number of amidine groups is 1. The molecule has 2 aliphatic rings. The first kappa shape index (κ1) is 11.8. The van der Waals surface area contributed by atoms with Crippen LogP contribution in [-0.4, -0.2) is 18.7 Å². The molecule has 1 aromatic rings. The average molecular weight is 265 g/mol. The maximum absolute atomic E-state index is 5.95. The lowest BCUT2D eigenvalue weighted by Crippen LogP contribution is -2.37. The fourth-order valence-electron chi connectivity index (χ4n) is 3.01. The smallest absolute Gasteiger partial charge is 0.282 e. The first-order chi connectivity index (χ1) is 8.68. The molecule has 0 saturated heterocycles. The number of nitrogens with two attached hydrogens (primary N) is 1. The third-order valence-electron chi connectivity index (χ3n) is 4.13. The van der Waals surface area contributed by atoms with Gasteiger partial charge in [0.1, 0.15) is 6.61 Å². The number of aliphatic imine (C=N–C) groups is 1. The van der Waals surface area contributed by atoms with Gasteiger partial charge >= 0.3 is 0 Å². The summed E-state index contributed by atoms with van der Waals surface area (Å²) in [5.74, 6) is 0. The SMILES string of the molecule is NC1=N[C@@H](CC2(c3ccc(Cl)cc3)CCC2)CO1. The highest BCUT2D eigenvalue weighted by Gasteiger charge is 2.41. The summed E-state index contributed by atoms with van der Waals surface area (Å²) >= 11 is 5.95. The van der Waals surface area contributed by atoms with E-state index in [4.69, 9.17) is 22.1 Å². The molecule has 0 amide bonds. The third-order valence-corrected chi connectivity index (χ3v) is 4.38. The van der Waals surface area contributed by atoms with E-state index in [1.54, 1.807) is 0 Å². The monoisotopic (exact) mass is 264 g/mol. The molecule has 1 aromatic carbocycles. The Morgan fingerprint density at radius 3 is 2.56 bits per heavy atom. The highest BCUT2D eigenvalue weighted by Crippen LogP contribution is 2.48. The normalized spacial score (nSPS) is 25.2. The van der Waals surface area contributed by atoms with Crippen LogP contribution in [0.5, 0.6) is 0 Å². The summed E-state index contributed by atoms with van der Waals surface area (Å²) in [5.41, 5.74) is 7.20. The predicted octanol–water partition coefficient (Wildman–Crippen LogP) is 2.87. The molecule has 0 radical (unpaired) electrons. The highest BCUT2D eigenvalue weighted by molar-refractivity contribution is 6.30. The summed E-state index contributed by atoms with van der Waals surface area (Å²) < 4.78 is 5.24. The van der Waals surface area contributed by atoms with E-state index < -0.39 is 0 Å². The zero-order chi connectivity index (χ0) is 12.6. The Morgan fingerprint density at radius 2 is 2.06 bits per heavy atom. The highest BCUT2D eigenvalue weighted by atomic mass is 35.5. The van der Waals surface area contributed by atoms with Gasteiger partial charge in [0, 0.05) is 5.02 Å². The largest absolute Gasteiger partial charge is 0.463 e. The Bertz CT molecular complexity index is 465. The van der Waals surface area contributed by atoms with Crippen molar-refractivity contribution < 1.29 is 4.74 Å². The lowest BCUT2D eigenvalue weighted by atomic mass is 9.61. The van der Waals surface area contributed by atoms with Gasteiger partial charge in [-0.15, -0.1) is 0 Å². The molecule has 2 N–H and O–H groups in total. The first-order valence-electron chi connectivity index (χ1n) is 6.40. The van der Waals surface area contributed by atoms with Crippen LogP contribution in [-0.2, 0) is 10.2 Å². The molecule has 1 heterocycles. The number of benzene rings is 1. The lowest BCUT2D eigenvalue weighted by molar-refractivity contribution is 0.194. The van der Waals surface area contributed by atoms with Crippen LogP contribution >= 0.6 is 11.6 Å². The van der Waals surface area contributed by atoms with Crippen LogP contribution in [0, 0.1) is 0 Å². The Morgan fingerprint density at radius 1 is 1.33 bits per heavy atom. The molecule has 0 bridgehead atoms. The van der Waals surface area contributed by atoms with Crippen molar-refractivity contribution in [2.24, 2.45) is 10.7 Å². The molecule has 3 rings (SSSR count). The summed E-state index contributed by atoms with van der Waals surface area (Å²) in [6.45, 7) is 0.626. The molecule has 96 valence electrons. The van der Waals surface area contributed by atoms with Gasteiger partial charge in [-0.2, -0.15) is 0 Å². The number of rotatable bonds is 3. The van der Waals surface area contributed by atoms with E-state index >= 15 is 0 Å². The second kappa shape index (κ2) is 4.47. The fraction of sp³-hybridized carbons (Fsp3) is 0.500. The summed E-state index contributed by atoms with van der Waals surface area (Å²) in [6, 6.07) is 8.78. The van der Waals surface area contributed by atoms with E-state index in [1.165, 1.54) is 24.8 Å². The van der Waals surface area contributed by atoms with Crippen LogP contribution < -0.4 is 5.73 Å². The summed E-state index contributed by atoms with van der Waals surface area (Å²) in [5, 5.41) is 0.791. The van der Waals surface area contributed by atoms with Crippen LogP contribution in [0.1, 0.15) is 31.2 Å². The van der Waals surface area contributed by atoms with Gasteiger partial charge in [0.2, 0.25) is 0 Å². The Balaban J connectivity index is 1.80. The molecule has 18 heavy (non-hydrogen) atoms. The minimum Gasteiger partial charge on any atom is -0.463 e. The fourth-order valence-corrected chi connectivity index (χ4v) is 3.14. The van der Waals surface area contributed by atoms with E-state index in [2.05, 4.69) is 17.1 Å². The van der Waals surface area contributed by atoms with Gasteiger partial charge in [-0.3, -0.25) is 0 Å². The molecular formula is C14H17ClN2O. The van der Waals surface area contributed by atoms with Crippen LogP contribution in [0.2, 0.25) is 5.02 Å². The Hall–Kier alpha value is -1.22. The molecule has 3 nitrogen and oxygen atoms in total. The Labute approximate surface area is 112 Å². The zero-order valence-corrected chi connectivity index (χ0v) is 11.0. The number of halogens is 1. The first-order valence-corrected chi connectivity index (χ1v) is 6.78. The van der Waals surface area contributed by atoms with Gasteiger partial charge in [0.25, 0.3) is 6.02 Å². The second-order valence-corrected chi connectivity index (χ2v) is 5.71. The lowest BCUT2D eigenvalue weighted by Gasteiger charge is -2.43.